The van der Waals surface area contributed by atoms with Gasteiger partial charge in [-0.15, -0.1) is 0 Å². The molecule has 1 aromatic rings. The molecule has 0 aliphatic rings. The van der Waals surface area contributed by atoms with Gasteiger partial charge in [0.1, 0.15) is 6.10 Å². The number of nitrogens with one attached hydrogen (secondary N) is 1. The van der Waals surface area contributed by atoms with Crippen molar-refractivity contribution in [3.05, 3.63) is 18.1 Å². The molecule has 1 heterocycles. The first-order valence-corrected chi connectivity index (χ1v) is 5.93. The summed E-state index contributed by atoms with van der Waals surface area (Å²) < 4.78 is 10.6. The molecule has 0 aromatic carbocycles. The van der Waals surface area contributed by atoms with Crippen molar-refractivity contribution in [1.29, 1.82) is 0 Å². The Kier molecular flexibility index (Phi) is 6.50. The molecule has 1 aromatic heterocycles. The van der Waals surface area contributed by atoms with Gasteiger partial charge in [-0.25, -0.2) is 4.98 Å². The van der Waals surface area contributed by atoms with Gasteiger partial charge in [-0.3, -0.25) is 4.98 Å². The summed E-state index contributed by atoms with van der Waals surface area (Å²) in [6.45, 7) is 6.31. The van der Waals surface area contributed by atoms with Crippen LogP contribution in [0.25, 0.3) is 0 Å². The third-order valence-corrected chi connectivity index (χ3v) is 2.12. The van der Waals surface area contributed by atoms with Gasteiger partial charge >= 0.3 is 0 Å². The number of ether oxygens (including phenoxy) is 2. The fourth-order valence-electron chi connectivity index (χ4n) is 1.40. The summed E-state index contributed by atoms with van der Waals surface area (Å²) in [6, 6.07) is 0. The maximum Gasteiger partial charge on any atom is 0.232 e. The predicted molar refractivity (Wildman–Crippen MR) is 66.0 cm³/mol. The third-order valence-electron chi connectivity index (χ3n) is 2.12. The van der Waals surface area contributed by atoms with Crippen molar-refractivity contribution < 1.29 is 9.47 Å². The molecule has 1 atom stereocenters. The van der Waals surface area contributed by atoms with Crippen molar-refractivity contribution >= 4 is 0 Å². The van der Waals surface area contributed by atoms with Gasteiger partial charge in [-0.2, -0.15) is 0 Å². The Hall–Kier alpha value is -1.20. The molecule has 1 N–H and O–H groups in total. The highest BCUT2D eigenvalue weighted by Crippen LogP contribution is 2.07. The van der Waals surface area contributed by atoms with E-state index in [4.69, 9.17) is 9.47 Å². The summed E-state index contributed by atoms with van der Waals surface area (Å²) in [4.78, 5) is 8.47. The van der Waals surface area contributed by atoms with E-state index in [0.717, 1.165) is 25.2 Å². The van der Waals surface area contributed by atoms with E-state index in [1.807, 2.05) is 6.92 Å². The Morgan fingerprint density at radius 2 is 2.24 bits per heavy atom. The highest BCUT2D eigenvalue weighted by Gasteiger charge is 2.05. The lowest BCUT2D eigenvalue weighted by Gasteiger charge is -2.13. The molecule has 1 rings (SSSR count). The molecular formula is C12H21N3O2. The minimum atomic E-state index is -0.0202. The quantitative estimate of drug-likeness (QED) is 0.695. The molecule has 0 aliphatic carbocycles. The fraction of sp³-hybridized carbons (Fsp3) is 0.667. The fourth-order valence-corrected chi connectivity index (χ4v) is 1.40. The van der Waals surface area contributed by atoms with Crippen LogP contribution in [0.15, 0.2) is 12.4 Å². The first kappa shape index (κ1) is 13.9. The third kappa shape index (κ3) is 5.60. The molecule has 0 saturated heterocycles. The van der Waals surface area contributed by atoms with E-state index in [0.29, 0.717) is 12.5 Å². The summed E-state index contributed by atoms with van der Waals surface area (Å²) >= 11 is 0. The maximum atomic E-state index is 5.58. The Morgan fingerprint density at radius 3 is 2.94 bits per heavy atom. The molecule has 5 heteroatoms. The van der Waals surface area contributed by atoms with Crippen LogP contribution in [0.5, 0.6) is 5.88 Å². The van der Waals surface area contributed by atoms with Crippen molar-refractivity contribution in [3.8, 4) is 5.88 Å². The smallest absolute Gasteiger partial charge is 0.232 e. The van der Waals surface area contributed by atoms with Crippen LogP contribution in [0.3, 0.4) is 0 Å². The van der Waals surface area contributed by atoms with Gasteiger partial charge in [0.05, 0.1) is 18.5 Å². The molecule has 0 fully saturated rings. The molecule has 17 heavy (non-hydrogen) atoms. The number of methoxy groups -OCH3 is 1. The number of nitrogens with zero attached hydrogens (tertiary/aromatic N) is 2. The van der Waals surface area contributed by atoms with Crippen LogP contribution >= 0.6 is 0 Å². The van der Waals surface area contributed by atoms with Gasteiger partial charge < -0.3 is 14.8 Å². The zero-order valence-electron chi connectivity index (χ0n) is 10.8. The standard InChI is InChI=1S/C12H21N3O2/c1-4-5-13-6-11-7-14-8-12(15-11)17-10(2)9-16-3/h7-8,10,13H,4-6,9H2,1-3H3. The van der Waals surface area contributed by atoms with E-state index in [2.05, 4.69) is 22.2 Å². The summed E-state index contributed by atoms with van der Waals surface area (Å²) in [7, 11) is 1.65. The molecule has 0 radical (unpaired) electrons. The normalized spacial score (nSPS) is 12.4. The molecule has 1 unspecified atom stereocenters. The van der Waals surface area contributed by atoms with Crippen LogP contribution in [0.4, 0.5) is 0 Å². The van der Waals surface area contributed by atoms with E-state index < -0.39 is 0 Å². The molecular weight excluding hydrogens is 218 g/mol. The van der Waals surface area contributed by atoms with Crippen molar-refractivity contribution in [3.63, 3.8) is 0 Å². The SMILES string of the molecule is CCCNCc1cncc(OC(C)COC)n1. The molecule has 0 bridgehead atoms. The van der Waals surface area contributed by atoms with Crippen molar-refractivity contribution in [2.24, 2.45) is 0 Å². The van der Waals surface area contributed by atoms with E-state index in [9.17, 15) is 0 Å². The van der Waals surface area contributed by atoms with Crippen LogP contribution in [0, 0.1) is 0 Å². The van der Waals surface area contributed by atoms with Gasteiger partial charge in [0.2, 0.25) is 5.88 Å². The first-order valence-electron chi connectivity index (χ1n) is 5.93. The highest BCUT2D eigenvalue weighted by molar-refractivity contribution is 5.08. The average Bonchev–Trinajstić information content (AvgIpc) is 2.30. The minimum absolute atomic E-state index is 0.0202. The molecule has 5 nitrogen and oxygen atoms in total. The lowest BCUT2D eigenvalue weighted by molar-refractivity contribution is 0.0885. The Labute approximate surface area is 103 Å². The molecule has 0 amide bonds. The van der Waals surface area contributed by atoms with Gasteiger partial charge in [0, 0.05) is 19.9 Å². The monoisotopic (exact) mass is 239 g/mol. The van der Waals surface area contributed by atoms with Gasteiger partial charge in [-0.05, 0) is 19.9 Å². The summed E-state index contributed by atoms with van der Waals surface area (Å²) in [6.07, 6.45) is 4.45. The number of rotatable bonds is 8. The largest absolute Gasteiger partial charge is 0.471 e. The topological polar surface area (TPSA) is 56.3 Å². The molecule has 96 valence electrons. The Morgan fingerprint density at radius 1 is 1.41 bits per heavy atom. The molecule has 0 aliphatic heterocycles. The Bertz CT molecular complexity index is 320. The Balaban J connectivity index is 2.47. The van der Waals surface area contributed by atoms with Gasteiger partial charge in [-0.1, -0.05) is 6.92 Å². The van der Waals surface area contributed by atoms with E-state index in [1.165, 1.54) is 0 Å². The summed E-state index contributed by atoms with van der Waals surface area (Å²) in [5.41, 5.74) is 0.889. The van der Waals surface area contributed by atoms with Crippen molar-refractivity contribution in [2.45, 2.75) is 32.9 Å². The second kappa shape index (κ2) is 7.97. The molecule has 0 spiro atoms. The lowest BCUT2D eigenvalue weighted by atomic mass is 10.4. The van der Waals surface area contributed by atoms with Crippen LogP contribution in [-0.2, 0) is 11.3 Å². The number of hydrogen-bond donors (Lipinski definition) is 1. The first-order chi connectivity index (χ1) is 8.26. The second-order valence-corrected chi connectivity index (χ2v) is 3.91. The van der Waals surface area contributed by atoms with Crippen LogP contribution in [0.2, 0.25) is 0 Å². The maximum absolute atomic E-state index is 5.58. The van der Waals surface area contributed by atoms with Crippen molar-refractivity contribution in [2.75, 3.05) is 20.3 Å². The number of aromatic nitrogens is 2. The van der Waals surface area contributed by atoms with E-state index in [-0.39, 0.29) is 6.10 Å². The second-order valence-electron chi connectivity index (χ2n) is 3.91. The van der Waals surface area contributed by atoms with Gasteiger partial charge in [0.15, 0.2) is 0 Å². The summed E-state index contributed by atoms with van der Waals surface area (Å²) in [5, 5.41) is 3.27. The van der Waals surface area contributed by atoms with Crippen LogP contribution in [-0.4, -0.2) is 36.3 Å². The van der Waals surface area contributed by atoms with E-state index in [1.54, 1.807) is 19.5 Å². The summed E-state index contributed by atoms with van der Waals surface area (Å²) in [5.74, 6) is 0.547. The lowest BCUT2D eigenvalue weighted by Crippen LogP contribution is -2.20. The van der Waals surface area contributed by atoms with Crippen LogP contribution < -0.4 is 10.1 Å². The molecule has 0 saturated carbocycles. The minimum Gasteiger partial charge on any atom is -0.471 e. The predicted octanol–water partition coefficient (Wildman–Crippen LogP) is 1.39. The van der Waals surface area contributed by atoms with Gasteiger partial charge in [0.25, 0.3) is 0 Å². The average molecular weight is 239 g/mol. The van der Waals surface area contributed by atoms with Crippen molar-refractivity contribution in [1.82, 2.24) is 15.3 Å². The number of hydrogen-bond acceptors (Lipinski definition) is 5. The zero-order chi connectivity index (χ0) is 12.5. The van der Waals surface area contributed by atoms with Crippen LogP contribution in [0.1, 0.15) is 26.0 Å². The van der Waals surface area contributed by atoms with E-state index >= 15 is 0 Å². The highest BCUT2D eigenvalue weighted by atomic mass is 16.5. The zero-order valence-corrected chi connectivity index (χ0v) is 10.8.